The number of esters is 1. The van der Waals surface area contributed by atoms with E-state index in [1.165, 1.54) is 5.56 Å². The highest BCUT2D eigenvalue weighted by atomic mass is 16.5. The highest BCUT2D eigenvalue weighted by Gasteiger charge is 2.04. The molecule has 0 saturated heterocycles. The van der Waals surface area contributed by atoms with Crippen LogP contribution in [0.1, 0.15) is 68.4 Å². The molecular formula is C41H38O4. The summed E-state index contributed by atoms with van der Waals surface area (Å²) >= 11 is 0. The molecule has 5 aromatic rings. The lowest BCUT2D eigenvalue weighted by Gasteiger charge is -2.10. The van der Waals surface area contributed by atoms with Gasteiger partial charge in [-0.1, -0.05) is 61.8 Å². The summed E-state index contributed by atoms with van der Waals surface area (Å²) < 4.78 is 16.8. The van der Waals surface area contributed by atoms with Crippen LogP contribution in [0.25, 0.3) is 21.5 Å². The Labute approximate surface area is 266 Å². The lowest BCUT2D eigenvalue weighted by atomic mass is 10.0. The van der Waals surface area contributed by atoms with Crippen molar-refractivity contribution in [2.75, 3.05) is 13.2 Å². The minimum absolute atomic E-state index is 0.148. The van der Waals surface area contributed by atoms with E-state index in [2.05, 4.69) is 85.2 Å². The zero-order valence-electron chi connectivity index (χ0n) is 26.4. The van der Waals surface area contributed by atoms with Crippen LogP contribution in [-0.2, 0) is 16.0 Å². The zero-order chi connectivity index (χ0) is 31.6. The van der Waals surface area contributed by atoms with Gasteiger partial charge in [-0.2, -0.15) is 0 Å². The molecule has 0 aliphatic heterocycles. The van der Waals surface area contributed by atoms with Crippen LogP contribution < -0.4 is 9.47 Å². The van der Waals surface area contributed by atoms with E-state index in [1.807, 2.05) is 50.2 Å². The van der Waals surface area contributed by atoms with E-state index in [0.29, 0.717) is 26.1 Å². The molecule has 0 saturated carbocycles. The number of carbonyl (C=O) groups is 1. The molecule has 0 aliphatic carbocycles. The molecule has 0 amide bonds. The molecule has 0 N–H and O–H groups in total. The first-order valence-corrected chi connectivity index (χ1v) is 15.6. The number of aryl methyl sites for hydroxylation is 1. The highest BCUT2D eigenvalue weighted by molar-refractivity contribution is 5.86. The van der Waals surface area contributed by atoms with Gasteiger partial charge in [-0.05, 0) is 114 Å². The molecule has 0 aromatic heterocycles. The molecule has 0 heterocycles. The molecule has 0 atom stereocenters. The number of hydrogen-bond acceptors (Lipinski definition) is 4. The standard InChI is InChI=1S/C41H38O4/c1-5-33-24-30(8-9-31-12-17-38-28-40(45-29(3)4)21-19-36(38)25-31)10-14-34(33)15-11-32-13-16-37-27-39(20-18-35(37)26-32)43-22-7-23-44-41(42)6-2/h10,12-14,16-21,24-29H,5-7,22-23H2,1-4H3. The molecule has 0 aliphatic rings. The van der Waals surface area contributed by atoms with Gasteiger partial charge in [0.15, 0.2) is 0 Å². The normalized spacial score (nSPS) is 10.6. The Hall–Kier alpha value is -5.19. The Bertz CT molecular complexity index is 1950. The van der Waals surface area contributed by atoms with E-state index < -0.39 is 0 Å². The third-order valence-electron chi connectivity index (χ3n) is 7.28. The molecule has 0 spiro atoms. The van der Waals surface area contributed by atoms with Crippen LogP contribution in [0.4, 0.5) is 0 Å². The third kappa shape index (κ3) is 8.69. The predicted molar refractivity (Wildman–Crippen MR) is 183 cm³/mol. The molecule has 5 rings (SSSR count). The SMILES string of the molecule is CCC(=O)OCCCOc1ccc2cc(C#Cc3ccc(C#Cc4ccc5cc(OC(C)C)ccc5c4)cc3CC)ccc2c1. The van der Waals surface area contributed by atoms with Crippen LogP contribution in [0.15, 0.2) is 91.0 Å². The number of benzene rings is 5. The molecule has 226 valence electrons. The van der Waals surface area contributed by atoms with E-state index in [9.17, 15) is 4.79 Å². The zero-order valence-corrected chi connectivity index (χ0v) is 26.4. The maximum Gasteiger partial charge on any atom is 0.305 e. The fourth-order valence-corrected chi connectivity index (χ4v) is 4.95. The van der Waals surface area contributed by atoms with Gasteiger partial charge in [0.25, 0.3) is 0 Å². The van der Waals surface area contributed by atoms with Crippen molar-refractivity contribution in [1.82, 2.24) is 0 Å². The average Bonchev–Trinajstić information content (AvgIpc) is 3.05. The second-order valence-corrected chi connectivity index (χ2v) is 11.1. The summed E-state index contributed by atoms with van der Waals surface area (Å²) in [5, 5.41) is 4.47. The number of ether oxygens (including phenoxy) is 3. The Balaban J connectivity index is 1.24. The van der Waals surface area contributed by atoms with Gasteiger partial charge in [-0.15, -0.1) is 0 Å². The van der Waals surface area contributed by atoms with E-state index in [0.717, 1.165) is 61.7 Å². The molecular weight excluding hydrogens is 556 g/mol. The quantitative estimate of drug-likeness (QED) is 0.0972. The van der Waals surface area contributed by atoms with E-state index >= 15 is 0 Å². The minimum Gasteiger partial charge on any atom is -0.493 e. The van der Waals surface area contributed by atoms with Gasteiger partial charge in [-0.3, -0.25) is 4.79 Å². The summed E-state index contributed by atoms with van der Waals surface area (Å²) in [6.07, 6.45) is 2.07. The molecule has 4 nitrogen and oxygen atoms in total. The first-order chi connectivity index (χ1) is 21.9. The summed E-state index contributed by atoms with van der Waals surface area (Å²) in [4.78, 5) is 11.2. The lowest BCUT2D eigenvalue weighted by Crippen LogP contribution is -2.07. The lowest BCUT2D eigenvalue weighted by molar-refractivity contribution is -0.143. The van der Waals surface area contributed by atoms with Crippen LogP contribution in [0.2, 0.25) is 0 Å². The van der Waals surface area contributed by atoms with Gasteiger partial charge in [0.1, 0.15) is 11.5 Å². The summed E-state index contributed by atoms with van der Waals surface area (Å²) in [5.74, 6) is 14.9. The highest BCUT2D eigenvalue weighted by Crippen LogP contribution is 2.24. The first kappa shape index (κ1) is 31.2. The first-order valence-electron chi connectivity index (χ1n) is 15.6. The van der Waals surface area contributed by atoms with Crippen molar-refractivity contribution < 1.29 is 19.0 Å². The molecule has 0 unspecified atom stereocenters. The molecule has 0 radical (unpaired) electrons. The molecule has 45 heavy (non-hydrogen) atoms. The maximum atomic E-state index is 11.2. The number of rotatable bonds is 9. The Kier molecular flexibility index (Phi) is 10.4. The average molecular weight is 595 g/mol. The number of fused-ring (bicyclic) bond motifs is 2. The monoisotopic (exact) mass is 594 g/mol. The topological polar surface area (TPSA) is 44.8 Å². The van der Waals surface area contributed by atoms with Crippen LogP contribution >= 0.6 is 0 Å². The van der Waals surface area contributed by atoms with Crippen molar-refractivity contribution in [3.8, 4) is 35.2 Å². The van der Waals surface area contributed by atoms with Crippen molar-refractivity contribution in [2.45, 2.75) is 53.1 Å². The van der Waals surface area contributed by atoms with Crippen molar-refractivity contribution in [3.05, 3.63) is 119 Å². The smallest absolute Gasteiger partial charge is 0.305 e. The summed E-state index contributed by atoms with van der Waals surface area (Å²) in [5.41, 5.74) is 5.11. The largest absolute Gasteiger partial charge is 0.493 e. The molecule has 5 aromatic carbocycles. The van der Waals surface area contributed by atoms with Gasteiger partial charge in [0.05, 0.1) is 19.3 Å². The van der Waals surface area contributed by atoms with Gasteiger partial charge < -0.3 is 14.2 Å². The second kappa shape index (κ2) is 15.0. The van der Waals surface area contributed by atoms with Crippen LogP contribution in [0.3, 0.4) is 0 Å². The summed E-state index contributed by atoms with van der Waals surface area (Å²) in [6, 6.07) is 30.9. The van der Waals surface area contributed by atoms with Gasteiger partial charge in [0.2, 0.25) is 0 Å². The Morgan fingerprint density at radius 2 is 1.20 bits per heavy atom. The Morgan fingerprint density at radius 3 is 1.84 bits per heavy atom. The fourth-order valence-electron chi connectivity index (χ4n) is 4.95. The predicted octanol–water partition coefficient (Wildman–Crippen LogP) is 8.86. The maximum absolute atomic E-state index is 11.2. The number of carbonyl (C=O) groups excluding carboxylic acids is 1. The molecule has 0 fully saturated rings. The minimum atomic E-state index is -0.183. The van der Waals surface area contributed by atoms with Gasteiger partial charge >= 0.3 is 5.97 Å². The van der Waals surface area contributed by atoms with Crippen molar-refractivity contribution >= 4 is 27.5 Å². The second-order valence-electron chi connectivity index (χ2n) is 11.1. The van der Waals surface area contributed by atoms with Crippen molar-refractivity contribution in [3.63, 3.8) is 0 Å². The van der Waals surface area contributed by atoms with E-state index in [4.69, 9.17) is 14.2 Å². The van der Waals surface area contributed by atoms with Crippen molar-refractivity contribution in [2.24, 2.45) is 0 Å². The van der Waals surface area contributed by atoms with Gasteiger partial charge in [0, 0.05) is 35.1 Å². The fraction of sp³-hybridized carbons (Fsp3) is 0.244. The Morgan fingerprint density at radius 1 is 0.644 bits per heavy atom. The summed E-state index contributed by atoms with van der Waals surface area (Å²) in [7, 11) is 0. The van der Waals surface area contributed by atoms with Crippen LogP contribution in [-0.4, -0.2) is 25.3 Å². The molecule has 4 heteroatoms. The summed E-state index contributed by atoms with van der Waals surface area (Å²) in [6.45, 7) is 8.87. The molecule has 0 bridgehead atoms. The van der Waals surface area contributed by atoms with E-state index in [1.54, 1.807) is 6.92 Å². The third-order valence-corrected chi connectivity index (χ3v) is 7.28. The van der Waals surface area contributed by atoms with E-state index in [-0.39, 0.29) is 12.1 Å². The number of hydrogen-bond donors (Lipinski definition) is 0. The van der Waals surface area contributed by atoms with Gasteiger partial charge in [-0.25, -0.2) is 0 Å². The van der Waals surface area contributed by atoms with Crippen LogP contribution in [0.5, 0.6) is 11.5 Å². The van der Waals surface area contributed by atoms with Crippen molar-refractivity contribution in [1.29, 1.82) is 0 Å². The van der Waals surface area contributed by atoms with Crippen LogP contribution in [0, 0.1) is 23.7 Å².